The summed E-state index contributed by atoms with van der Waals surface area (Å²) in [5.74, 6) is 0.647. The molecule has 152 valence electrons. The Balaban J connectivity index is 1.51. The molecule has 3 N–H and O–H groups in total. The Morgan fingerprint density at radius 1 is 1.19 bits per heavy atom. The maximum Gasteiger partial charge on any atom is 0.216 e. The van der Waals surface area contributed by atoms with Gasteiger partial charge in [-0.25, -0.2) is 13.1 Å². The van der Waals surface area contributed by atoms with Gasteiger partial charge in [0, 0.05) is 31.2 Å². The van der Waals surface area contributed by atoms with E-state index in [2.05, 4.69) is 15.4 Å². The van der Waals surface area contributed by atoms with E-state index in [4.69, 9.17) is 4.74 Å². The summed E-state index contributed by atoms with van der Waals surface area (Å²) in [6.45, 7) is 7.05. The van der Waals surface area contributed by atoms with Crippen molar-refractivity contribution in [3.63, 3.8) is 0 Å². The molecule has 1 saturated heterocycles. The van der Waals surface area contributed by atoms with Crippen LogP contribution in [0, 0.1) is 5.92 Å². The highest BCUT2D eigenvalue weighted by atomic mass is 32.2. The Bertz CT molecular complexity index is 685. The lowest BCUT2D eigenvalue weighted by Gasteiger charge is -2.33. The Kier molecular flexibility index (Phi) is 7.28. The Labute approximate surface area is 163 Å². The van der Waals surface area contributed by atoms with Crippen LogP contribution in [-0.2, 0) is 27.1 Å². The molecule has 2 aliphatic rings. The fourth-order valence-electron chi connectivity index (χ4n) is 4.21. The number of ether oxygens (including phenoxy) is 1. The Morgan fingerprint density at radius 3 is 2.59 bits per heavy atom. The van der Waals surface area contributed by atoms with Crippen LogP contribution >= 0.6 is 0 Å². The van der Waals surface area contributed by atoms with Gasteiger partial charge in [-0.1, -0.05) is 30.7 Å². The van der Waals surface area contributed by atoms with E-state index >= 15 is 0 Å². The zero-order chi connectivity index (χ0) is 19.3. The lowest BCUT2D eigenvalue weighted by atomic mass is 9.94. The van der Waals surface area contributed by atoms with Crippen LogP contribution in [0.15, 0.2) is 24.3 Å². The molecule has 6 nitrogen and oxygen atoms in total. The van der Waals surface area contributed by atoms with Gasteiger partial charge in [0.15, 0.2) is 0 Å². The van der Waals surface area contributed by atoms with Gasteiger partial charge in [0.2, 0.25) is 10.0 Å². The number of nitrogens with one attached hydrogen (secondary N) is 3. The molecule has 1 heterocycles. The first-order valence-corrected chi connectivity index (χ1v) is 11.7. The molecule has 0 spiro atoms. The average Bonchev–Trinajstić information content (AvgIpc) is 3.09. The third-order valence-electron chi connectivity index (χ3n) is 5.40. The predicted octanol–water partition coefficient (Wildman–Crippen LogP) is 1.76. The van der Waals surface area contributed by atoms with Gasteiger partial charge in [-0.2, -0.15) is 0 Å². The maximum atomic E-state index is 12.0. The van der Waals surface area contributed by atoms with E-state index in [0.29, 0.717) is 18.0 Å². The standard InChI is InChI=1S/C20H33N3O3S/c1-15(2)23-27(24,25)14-17-8-6-16(7-9-17)12-22-19-5-3-4-18(19)20-13-26-11-10-21-20/h6-9,15,18-23H,3-5,10-14H2,1-2H3. The predicted molar refractivity (Wildman–Crippen MR) is 108 cm³/mol. The number of sulfonamides is 1. The van der Waals surface area contributed by atoms with Gasteiger partial charge < -0.3 is 15.4 Å². The summed E-state index contributed by atoms with van der Waals surface area (Å²) in [5.41, 5.74) is 2.00. The van der Waals surface area contributed by atoms with E-state index < -0.39 is 10.0 Å². The van der Waals surface area contributed by atoms with Crippen LogP contribution in [0.2, 0.25) is 0 Å². The lowest BCUT2D eigenvalue weighted by Crippen LogP contribution is -2.50. The molecule has 3 atom stereocenters. The van der Waals surface area contributed by atoms with Crippen LogP contribution in [0.5, 0.6) is 0 Å². The summed E-state index contributed by atoms with van der Waals surface area (Å²) < 4.78 is 32.3. The van der Waals surface area contributed by atoms with Gasteiger partial charge in [-0.3, -0.25) is 0 Å². The third-order valence-corrected chi connectivity index (χ3v) is 6.94. The SMILES string of the molecule is CC(C)NS(=O)(=O)Cc1ccc(CNC2CCCC2C2COCCN2)cc1. The summed E-state index contributed by atoms with van der Waals surface area (Å²) in [6.07, 6.45) is 3.72. The first kappa shape index (κ1) is 20.7. The number of morpholine rings is 1. The first-order chi connectivity index (χ1) is 12.9. The van der Waals surface area contributed by atoms with Crippen molar-refractivity contribution in [3.05, 3.63) is 35.4 Å². The molecular formula is C20H33N3O3S. The molecular weight excluding hydrogens is 362 g/mol. The van der Waals surface area contributed by atoms with Crippen molar-refractivity contribution in [2.75, 3.05) is 19.8 Å². The van der Waals surface area contributed by atoms with E-state index in [-0.39, 0.29) is 11.8 Å². The Hall–Kier alpha value is -0.990. The second-order valence-corrected chi connectivity index (χ2v) is 9.82. The fourth-order valence-corrected chi connectivity index (χ4v) is 5.64. The van der Waals surface area contributed by atoms with Crippen LogP contribution in [-0.4, -0.2) is 46.3 Å². The van der Waals surface area contributed by atoms with Gasteiger partial charge in [-0.05, 0) is 43.7 Å². The van der Waals surface area contributed by atoms with Crippen LogP contribution in [0.25, 0.3) is 0 Å². The summed E-state index contributed by atoms with van der Waals surface area (Å²) in [6, 6.07) is 8.78. The molecule has 3 unspecified atom stereocenters. The second-order valence-electron chi connectivity index (χ2n) is 8.07. The molecule has 0 aromatic heterocycles. The zero-order valence-corrected chi connectivity index (χ0v) is 17.2. The van der Waals surface area contributed by atoms with E-state index in [9.17, 15) is 8.42 Å². The van der Waals surface area contributed by atoms with Crippen molar-refractivity contribution in [1.82, 2.24) is 15.4 Å². The summed E-state index contributed by atoms with van der Waals surface area (Å²) in [7, 11) is -3.28. The molecule has 1 aliphatic carbocycles. The number of hydrogen-bond donors (Lipinski definition) is 3. The van der Waals surface area contributed by atoms with E-state index in [1.807, 2.05) is 38.1 Å². The van der Waals surface area contributed by atoms with Gasteiger partial charge in [0.05, 0.1) is 19.0 Å². The van der Waals surface area contributed by atoms with Gasteiger partial charge in [0.1, 0.15) is 0 Å². The largest absolute Gasteiger partial charge is 0.379 e. The number of benzene rings is 1. The third kappa shape index (κ3) is 6.26. The minimum atomic E-state index is -3.28. The van der Waals surface area contributed by atoms with Gasteiger partial charge in [-0.15, -0.1) is 0 Å². The molecule has 7 heteroatoms. The molecule has 1 saturated carbocycles. The van der Waals surface area contributed by atoms with Crippen molar-refractivity contribution >= 4 is 10.0 Å². The quantitative estimate of drug-likeness (QED) is 0.625. The first-order valence-electron chi connectivity index (χ1n) is 10.1. The van der Waals surface area contributed by atoms with Crippen molar-refractivity contribution in [2.24, 2.45) is 5.92 Å². The fraction of sp³-hybridized carbons (Fsp3) is 0.700. The molecule has 27 heavy (non-hydrogen) atoms. The smallest absolute Gasteiger partial charge is 0.216 e. The molecule has 1 aliphatic heterocycles. The van der Waals surface area contributed by atoms with Crippen LogP contribution in [0.3, 0.4) is 0 Å². The second kappa shape index (κ2) is 9.47. The highest BCUT2D eigenvalue weighted by Crippen LogP contribution is 2.29. The summed E-state index contributed by atoms with van der Waals surface area (Å²) >= 11 is 0. The van der Waals surface area contributed by atoms with Gasteiger partial charge >= 0.3 is 0 Å². The number of rotatable bonds is 8. The molecule has 0 amide bonds. The van der Waals surface area contributed by atoms with E-state index in [1.165, 1.54) is 24.8 Å². The van der Waals surface area contributed by atoms with E-state index in [0.717, 1.165) is 31.9 Å². The monoisotopic (exact) mass is 395 g/mol. The van der Waals surface area contributed by atoms with Crippen LogP contribution in [0.4, 0.5) is 0 Å². The maximum absolute atomic E-state index is 12.0. The Morgan fingerprint density at radius 2 is 1.93 bits per heavy atom. The highest BCUT2D eigenvalue weighted by molar-refractivity contribution is 7.88. The van der Waals surface area contributed by atoms with Crippen molar-refractivity contribution < 1.29 is 13.2 Å². The van der Waals surface area contributed by atoms with E-state index in [1.54, 1.807) is 0 Å². The van der Waals surface area contributed by atoms with Crippen LogP contribution in [0.1, 0.15) is 44.2 Å². The molecule has 0 radical (unpaired) electrons. The normalized spacial score (nSPS) is 26.6. The van der Waals surface area contributed by atoms with Gasteiger partial charge in [0.25, 0.3) is 0 Å². The molecule has 3 rings (SSSR count). The molecule has 1 aromatic carbocycles. The summed E-state index contributed by atoms with van der Waals surface area (Å²) in [4.78, 5) is 0. The molecule has 2 fully saturated rings. The topological polar surface area (TPSA) is 79.5 Å². The minimum absolute atomic E-state index is 0.0247. The minimum Gasteiger partial charge on any atom is -0.379 e. The number of hydrogen-bond acceptors (Lipinski definition) is 5. The summed E-state index contributed by atoms with van der Waals surface area (Å²) in [5, 5.41) is 7.32. The zero-order valence-electron chi connectivity index (χ0n) is 16.4. The lowest BCUT2D eigenvalue weighted by molar-refractivity contribution is 0.0524. The molecule has 0 bridgehead atoms. The van der Waals surface area contributed by atoms with Crippen molar-refractivity contribution in [3.8, 4) is 0 Å². The molecule has 1 aromatic rings. The van der Waals surface area contributed by atoms with Crippen LogP contribution < -0.4 is 15.4 Å². The average molecular weight is 396 g/mol. The van der Waals surface area contributed by atoms with Crippen molar-refractivity contribution in [1.29, 1.82) is 0 Å². The highest BCUT2D eigenvalue weighted by Gasteiger charge is 2.34. The van der Waals surface area contributed by atoms with Crippen molar-refractivity contribution in [2.45, 2.75) is 63.5 Å².